The van der Waals surface area contributed by atoms with Crippen LogP contribution in [0.3, 0.4) is 0 Å². The first-order chi connectivity index (χ1) is 10.3. The van der Waals surface area contributed by atoms with Crippen molar-refractivity contribution in [3.63, 3.8) is 0 Å². The number of para-hydroxylation sites is 1. The van der Waals surface area contributed by atoms with Crippen LogP contribution in [0.2, 0.25) is 0 Å². The minimum Gasteiger partial charge on any atom is -0.456 e. The molecule has 0 aliphatic rings. The van der Waals surface area contributed by atoms with Gasteiger partial charge in [-0.25, -0.2) is 0 Å². The third kappa shape index (κ3) is 1.43. The maximum absolute atomic E-state index is 6.02. The molecule has 0 aliphatic heterocycles. The number of benzene rings is 3. The molecule has 98 valence electrons. The lowest BCUT2D eigenvalue weighted by Gasteiger charge is -1.91. The summed E-state index contributed by atoms with van der Waals surface area (Å²) in [6.45, 7) is 0. The van der Waals surface area contributed by atoms with E-state index in [1.807, 2.05) is 18.2 Å². The van der Waals surface area contributed by atoms with E-state index in [1.165, 1.54) is 5.46 Å². The Morgan fingerprint density at radius 1 is 0.571 bits per heavy atom. The van der Waals surface area contributed by atoms with Gasteiger partial charge < -0.3 is 8.83 Å². The van der Waals surface area contributed by atoms with Crippen LogP contribution >= 0.6 is 0 Å². The molecule has 0 unspecified atom stereocenters. The van der Waals surface area contributed by atoms with Gasteiger partial charge in [-0.1, -0.05) is 35.8 Å². The standard InChI is InChI=1S/C18H11BO2/c19-10-5-6-12-14-9-17-13(8-18(14)21-16(12)7-10)11-3-1-2-4-15(11)20-17/h1-9H,19H2. The van der Waals surface area contributed by atoms with E-state index in [2.05, 4.69) is 44.2 Å². The Bertz CT molecular complexity index is 1150. The molecule has 0 fully saturated rings. The van der Waals surface area contributed by atoms with Gasteiger partial charge in [0.25, 0.3) is 0 Å². The second kappa shape index (κ2) is 3.70. The molecule has 0 N–H and O–H groups in total. The van der Waals surface area contributed by atoms with Gasteiger partial charge in [-0.05, 0) is 24.3 Å². The zero-order valence-corrected chi connectivity index (χ0v) is 11.5. The lowest BCUT2D eigenvalue weighted by Crippen LogP contribution is -1.98. The second-order valence-electron chi connectivity index (χ2n) is 5.54. The van der Waals surface area contributed by atoms with Crippen molar-refractivity contribution < 1.29 is 8.83 Å². The van der Waals surface area contributed by atoms with Crippen molar-refractivity contribution in [3.8, 4) is 0 Å². The average Bonchev–Trinajstić information content (AvgIpc) is 3.01. The summed E-state index contributed by atoms with van der Waals surface area (Å²) in [6.07, 6.45) is 0. The Balaban J connectivity index is 2.00. The molecule has 0 aliphatic carbocycles. The molecule has 2 aromatic heterocycles. The summed E-state index contributed by atoms with van der Waals surface area (Å²) >= 11 is 0. The van der Waals surface area contributed by atoms with Crippen molar-refractivity contribution in [3.05, 3.63) is 54.6 Å². The number of hydrogen-bond acceptors (Lipinski definition) is 2. The summed E-state index contributed by atoms with van der Waals surface area (Å²) in [6, 6.07) is 18.6. The number of furan rings is 2. The second-order valence-corrected chi connectivity index (χ2v) is 5.54. The minimum absolute atomic E-state index is 0.909. The molecule has 0 bridgehead atoms. The molecule has 3 aromatic carbocycles. The Hall–Kier alpha value is -2.68. The fourth-order valence-corrected chi connectivity index (χ4v) is 3.10. The summed E-state index contributed by atoms with van der Waals surface area (Å²) < 4.78 is 12.0. The molecular formula is C18H11BO2. The van der Waals surface area contributed by atoms with Gasteiger partial charge >= 0.3 is 0 Å². The molecule has 3 heteroatoms. The Morgan fingerprint density at radius 3 is 2.00 bits per heavy atom. The molecule has 0 saturated carbocycles. The zero-order chi connectivity index (χ0) is 14.0. The lowest BCUT2D eigenvalue weighted by molar-refractivity contribution is 0.664. The largest absolute Gasteiger partial charge is 0.456 e. The van der Waals surface area contributed by atoms with Crippen LogP contribution < -0.4 is 5.46 Å². The molecular weight excluding hydrogens is 259 g/mol. The summed E-state index contributed by atoms with van der Waals surface area (Å²) in [5.41, 5.74) is 4.87. The molecule has 2 heterocycles. The smallest absolute Gasteiger partial charge is 0.139 e. The highest BCUT2D eigenvalue weighted by molar-refractivity contribution is 6.33. The molecule has 2 nitrogen and oxygen atoms in total. The predicted molar refractivity (Wildman–Crippen MR) is 89.2 cm³/mol. The van der Waals surface area contributed by atoms with E-state index in [0.29, 0.717) is 0 Å². The minimum atomic E-state index is 0.909. The van der Waals surface area contributed by atoms with Crippen molar-refractivity contribution in [2.24, 2.45) is 0 Å². The van der Waals surface area contributed by atoms with E-state index in [4.69, 9.17) is 8.83 Å². The maximum atomic E-state index is 6.02. The molecule has 21 heavy (non-hydrogen) atoms. The first kappa shape index (κ1) is 11.0. The van der Waals surface area contributed by atoms with Gasteiger partial charge in [0.1, 0.15) is 30.2 Å². The third-order valence-corrected chi connectivity index (χ3v) is 4.13. The molecule has 5 aromatic rings. The van der Waals surface area contributed by atoms with E-state index < -0.39 is 0 Å². The Kier molecular flexibility index (Phi) is 1.94. The fourth-order valence-electron chi connectivity index (χ4n) is 3.10. The van der Waals surface area contributed by atoms with Crippen molar-refractivity contribution >= 4 is 57.2 Å². The lowest BCUT2D eigenvalue weighted by atomic mass is 9.95. The normalized spacial score (nSPS) is 12.0. The van der Waals surface area contributed by atoms with Crippen molar-refractivity contribution in [2.75, 3.05) is 0 Å². The summed E-state index contributed by atoms with van der Waals surface area (Å²) in [7, 11) is 2.08. The van der Waals surface area contributed by atoms with Crippen LogP contribution in [-0.4, -0.2) is 7.85 Å². The van der Waals surface area contributed by atoms with Crippen LogP contribution in [0.4, 0.5) is 0 Å². The van der Waals surface area contributed by atoms with Gasteiger partial charge in [0.05, 0.1) is 0 Å². The molecule has 0 spiro atoms. The van der Waals surface area contributed by atoms with Crippen molar-refractivity contribution in [1.29, 1.82) is 0 Å². The summed E-state index contributed by atoms with van der Waals surface area (Å²) in [5, 5.41) is 4.48. The molecule has 0 radical (unpaired) electrons. The third-order valence-electron chi connectivity index (χ3n) is 4.13. The summed E-state index contributed by atoms with van der Waals surface area (Å²) in [5.74, 6) is 0. The predicted octanol–water partition coefficient (Wildman–Crippen LogP) is 3.74. The Labute approximate surface area is 121 Å². The van der Waals surface area contributed by atoms with Crippen LogP contribution in [0.15, 0.2) is 63.4 Å². The van der Waals surface area contributed by atoms with Crippen LogP contribution in [0.1, 0.15) is 0 Å². The monoisotopic (exact) mass is 270 g/mol. The molecule has 0 saturated heterocycles. The van der Waals surface area contributed by atoms with E-state index >= 15 is 0 Å². The van der Waals surface area contributed by atoms with Crippen LogP contribution in [0.25, 0.3) is 43.9 Å². The van der Waals surface area contributed by atoms with Crippen LogP contribution in [0, 0.1) is 0 Å². The Morgan fingerprint density at radius 2 is 1.19 bits per heavy atom. The summed E-state index contributed by atoms with van der Waals surface area (Å²) in [4.78, 5) is 0. The van der Waals surface area contributed by atoms with Crippen molar-refractivity contribution in [2.45, 2.75) is 0 Å². The molecule has 0 amide bonds. The number of rotatable bonds is 0. The highest BCUT2D eigenvalue weighted by atomic mass is 16.3. The topological polar surface area (TPSA) is 26.3 Å². The van der Waals surface area contributed by atoms with Crippen molar-refractivity contribution in [1.82, 2.24) is 0 Å². The molecule has 5 rings (SSSR count). The average molecular weight is 270 g/mol. The maximum Gasteiger partial charge on any atom is 0.139 e. The first-order valence-electron chi connectivity index (χ1n) is 7.04. The van der Waals surface area contributed by atoms with Gasteiger partial charge in [-0.2, -0.15) is 0 Å². The first-order valence-corrected chi connectivity index (χ1v) is 7.04. The fraction of sp³-hybridized carbons (Fsp3) is 0. The number of fused-ring (bicyclic) bond motifs is 6. The van der Waals surface area contributed by atoms with Gasteiger partial charge in [0, 0.05) is 21.5 Å². The van der Waals surface area contributed by atoms with Gasteiger partial charge in [-0.15, -0.1) is 0 Å². The van der Waals surface area contributed by atoms with E-state index in [9.17, 15) is 0 Å². The quantitative estimate of drug-likeness (QED) is 0.401. The van der Waals surface area contributed by atoms with Crippen LogP contribution in [0.5, 0.6) is 0 Å². The highest BCUT2D eigenvalue weighted by Gasteiger charge is 2.12. The zero-order valence-electron chi connectivity index (χ0n) is 11.5. The molecule has 0 atom stereocenters. The van der Waals surface area contributed by atoms with Gasteiger partial charge in [0.2, 0.25) is 0 Å². The van der Waals surface area contributed by atoms with E-state index in [0.717, 1.165) is 43.9 Å². The highest BCUT2D eigenvalue weighted by Crippen LogP contribution is 2.35. The van der Waals surface area contributed by atoms with E-state index in [1.54, 1.807) is 0 Å². The van der Waals surface area contributed by atoms with Gasteiger partial charge in [-0.3, -0.25) is 0 Å². The number of hydrogen-bond donors (Lipinski definition) is 0. The van der Waals surface area contributed by atoms with Gasteiger partial charge in [0.15, 0.2) is 0 Å². The SMILES string of the molecule is Bc1ccc2c(c1)oc1cc3c(cc12)oc1ccccc13. The van der Waals surface area contributed by atoms with E-state index in [-0.39, 0.29) is 0 Å². The van der Waals surface area contributed by atoms with Crippen LogP contribution in [-0.2, 0) is 0 Å².